The number of ether oxygens (including phenoxy) is 1. The topological polar surface area (TPSA) is 99.1 Å². The maximum atomic E-state index is 12.5. The predicted octanol–water partition coefficient (Wildman–Crippen LogP) is 2.39. The lowest BCUT2D eigenvalue weighted by molar-refractivity contribution is -0.0132. The van der Waals surface area contributed by atoms with Crippen molar-refractivity contribution in [1.29, 1.82) is 5.26 Å². The standard InChI is InChI=1S/C20H22N4O3/c1-20(27-2)5-7-24(8-6-20)17-13-9-15(18(25)12-3-4-12)22-11-16(13)23-19(26)14(17)10-21/h9,11-12H,3-8H2,1-2H3,(H,23,26). The van der Waals surface area contributed by atoms with E-state index in [4.69, 9.17) is 4.74 Å². The average molecular weight is 366 g/mol. The molecule has 1 saturated heterocycles. The van der Waals surface area contributed by atoms with E-state index < -0.39 is 5.56 Å². The number of aromatic amines is 1. The van der Waals surface area contributed by atoms with Gasteiger partial charge in [0.25, 0.3) is 5.56 Å². The summed E-state index contributed by atoms with van der Waals surface area (Å²) in [7, 11) is 1.71. The number of pyridine rings is 2. The van der Waals surface area contributed by atoms with Crippen molar-refractivity contribution in [1.82, 2.24) is 9.97 Å². The minimum atomic E-state index is -0.428. The van der Waals surface area contributed by atoms with Gasteiger partial charge >= 0.3 is 0 Å². The van der Waals surface area contributed by atoms with Crippen molar-refractivity contribution in [3.8, 4) is 6.07 Å². The van der Waals surface area contributed by atoms with Crippen LogP contribution in [0.3, 0.4) is 0 Å². The highest BCUT2D eigenvalue weighted by Gasteiger charge is 2.33. The second-order valence-corrected chi connectivity index (χ2v) is 7.68. The molecule has 0 spiro atoms. The van der Waals surface area contributed by atoms with Crippen LogP contribution in [0.5, 0.6) is 0 Å². The average Bonchev–Trinajstić information content (AvgIpc) is 3.52. The number of H-pyrrole nitrogens is 1. The van der Waals surface area contributed by atoms with Gasteiger partial charge in [-0.05, 0) is 38.7 Å². The van der Waals surface area contributed by atoms with E-state index in [9.17, 15) is 14.9 Å². The van der Waals surface area contributed by atoms with Crippen molar-refractivity contribution < 1.29 is 9.53 Å². The molecule has 7 heteroatoms. The van der Waals surface area contributed by atoms with Gasteiger partial charge < -0.3 is 14.6 Å². The van der Waals surface area contributed by atoms with E-state index in [0.717, 1.165) is 25.7 Å². The largest absolute Gasteiger partial charge is 0.378 e. The van der Waals surface area contributed by atoms with Crippen LogP contribution < -0.4 is 10.5 Å². The zero-order valence-corrected chi connectivity index (χ0v) is 15.5. The number of anilines is 1. The summed E-state index contributed by atoms with van der Waals surface area (Å²) in [6.45, 7) is 3.42. The van der Waals surface area contributed by atoms with Crippen molar-refractivity contribution in [2.45, 2.75) is 38.2 Å². The van der Waals surface area contributed by atoms with E-state index in [1.165, 1.54) is 6.20 Å². The van der Waals surface area contributed by atoms with Crippen molar-refractivity contribution in [3.05, 3.63) is 33.9 Å². The van der Waals surface area contributed by atoms with Gasteiger partial charge in [-0.3, -0.25) is 14.6 Å². The third-order valence-corrected chi connectivity index (χ3v) is 5.81. The number of carbonyl (C=O) groups is 1. The fraction of sp³-hybridized carbons (Fsp3) is 0.500. The molecule has 1 saturated carbocycles. The third-order valence-electron chi connectivity index (χ3n) is 5.81. The molecule has 1 aliphatic heterocycles. The first-order valence-corrected chi connectivity index (χ1v) is 9.26. The molecule has 140 valence electrons. The lowest BCUT2D eigenvalue weighted by Crippen LogP contribution is -2.44. The summed E-state index contributed by atoms with van der Waals surface area (Å²) >= 11 is 0. The summed E-state index contributed by atoms with van der Waals surface area (Å²) < 4.78 is 5.60. The number of rotatable bonds is 4. The van der Waals surface area contributed by atoms with E-state index in [1.807, 2.05) is 6.07 Å². The molecule has 2 fully saturated rings. The molecular weight excluding hydrogens is 344 g/mol. The van der Waals surface area contributed by atoms with Gasteiger partial charge in [0.2, 0.25) is 0 Å². The van der Waals surface area contributed by atoms with Gasteiger partial charge in [-0.1, -0.05) is 0 Å². The maximum absolute atomic E-state index is 12.5. The number of nitriles is 1. The second-order valence-electron chi connectivity index (χ2n) is 7.68. The molecule has 0 radical (unpaired) electrons. The van der Waals surface area contributed by atoms with E-state index in [2.05, 4.69) is 21.8 Å². The second kappa shape index (κ2) is 6.46. The molecule has 0 atom stereocenters. The van der Waals surface area contributed by atoms with Crippen LogP contribution in [0.25, 0.3) is 10.9 Å². The monoisotopic (exact) mass is 366 g/mol. The number of ketones is 1. The van der Waals surface area contributed by atoms with Crippen molar-refractivity contribution >= 4 is 22.4 Å². The van der Waals surface area contributed by atoms with E-state index >= 15 is 0 Å². The van der Waals surface area contributed by atoms with Crippen LogP contribution in [-0.4, -0.2) is 41.6 Å². The molecule has 1 N–H and O–H groups in total. The molecule has 2 aromatic rings. The zero-order chi connectivity index (χ0) is 19.2. The molecule has 0 bridgehead atoms. The normalized spacial score (nSPS) is 19.1. The van der Waals surface area contributed by atoms with Crippen molar-refractivity contribution in [2.24, 2.45) is 5.92 Å². The Hall–Kier alpha value is -2.72. The number of Topliss-reactive ketones (excluding diaryl/α,β-unsaturated/α-hetero) is 1. The zero-order valence-electron chi connectivity index (χ0n) is 15.5. The van der Waals surface area contributed by atoms with E-state index in [0.29, 0.717) is 35.4 Å². The minimum absolute atomic E-state index is 0.0400. The summed E-state index contributed by atoms with van der Waals surface area (Å²) in [5.41, 5.74) is 1.00. The number of aromatic nitrogens is 2. The molecule has 27 heavy (non-hydrogen) atoms. The van der Waals surface area contributed by atoms with Gasteiger partial charge in [0.15, 0.2) is 5.78 Å². The highest BCUT2D eigenvalue weighted by atomic mass is 16.5. The number of carbonyl (C=O) groups excluding carboxylic acids is 1. The molecule has 1 aliphatic carbocycles. The Bertz CT molecular complexity index is 1010. The summed E-state index contributed by atoms with van der Waals surface area (Å²) in [4.78, 5) is 33.9. The van der Waals surface area contributed by atoms with Gasteiger partial charge in [-0.25, -0.2) is 0 Å². The lowest BCUT2D eigenvalue weighted by Gasteiger charge is -2.40. The summed E-state index contributed by atoms with van der Waals surface area (Å²) in [5, 5.41) is 10.3. The minimum Gasteiger partial charge on any atom is -0.378 e. The number of hydrogen-bond acceptors (Lipinski definition) is 6. The van der Waals surface area contributed by atoms with Crippen LogP contribution >= 0.6 is 0 Å². The van der Waals surface area contributed by atoms with Crippen LogP contribution in [0.1, 0.15) is 48.7 Å². The van der Waals surface area contributed by atoms with Crippen LogP contribution in [0.15, 0.2) is 17.1 Å². The van der Waals surface area contributed by atoms with Crippen LogP contribution in [-0.2, 0) is 4.74 Å². The Morgan fingerprint density at radius 3 is 2.70 bits per heavy atom. The van der Waals surface area contributed by atoms with Crippen LogP contribution in [0, 0.1) is 17.2 Å². The quantitative estimate of drug-likeness (QED) is 0.834. The number of nitrogens with one attached hydrogen (secondary N) is 1. The third kappa shape index (κ3) is 3.10. The smallest absolute Gasteiger partial charge is 0.268 e. The summed E-state index contributed by atoms with van der Waals surface area (Å²) in [5.74, 6) is 0.104. The van der Waals surface area contributed by atoms with E-state index in [1.54, 1.807) is 13.2 Å². The number of methoxy groups -OCH3 is 1. The van der Waals surface area contributed by atoms with Gasteiger partial charge in [0, 0.05) is 31.5 Å². The Morgan fingerprint density at radius 1 is 1.41 bits per heavy atom. The Labute approximate surface area is 157 Å². The van der Waals surface area contributed by atoms with Crippen molar-refractivity contribution in [3.63, 3.8) is 0 Å². The number of hydrogen-bond donors (Lipinski definition) is 1. The molecule has 2 aliphatic rings. The fourth-order valence-electron chi connectivity index (χ4n) is 3.71. The van der Waals surface area contributed by atoms with Crippen LogP contribution in [0.4, 0.5) is 5.69 Å². The lowest BCUT2D eigenvalue weighted by atomic mass is 9.92. The molecule has 0 aromatic carbocycles. The first-order chi connectivity index (χ1) is 13.0. The molecule has 7 nitrogen and oxygen atoms in total. The van der Waals surface area contributed by atoms with Gasteiger partial charge in [0.05, 0.1) is 23.0 Å². The molecule has 0 amide bonds. The molecule has 3 heterocycles. The van der Waals surface area contributed by atoms with E-state index in [-0.39, 0.29) is 22.9 Å². The van der Waals surface area contributed by atoms with Crippen molar-refractivity contribution in [2.75, 3.05) is 25.1 Å². The Kier molecular flexibility index (Phi) is 4.23. The van der Waals surface area contributed by atoms with Gasteiger partial charge in [-0.15, -0.1) is 0 Å². The highest BCUT2D eigenvalue weighted by molar-refractivity contribution is 6.03. The predicted molar refractivity (Wildman–Crippen MR) is 101 cm³/mol. The fourth-order valence-corrected chi connectivity index (χ4v) is 3.71. The summed E-state index contributed by atoms with van der Waals surface area (Å²) in [6.07, 6.45) is 4.92. The molecular formula is C20H22N4O3. The number of piperidine rings is 1. The molecule has 4 rings (SSSR count). The van der Waals surface area contributed by atoms with Gasteiger partial charge in [0.1, 0.15) is 17.3 Å². The maximum Gasteiger partial charge on any atom is 0.268 e. The number of nitrogens with zero attached hydrogens (tertiary/aromatic N) is 3. The Balaban J connectivity index is 1.83. The first-order valence-electron chi connectivity index (χ1n) is 9.26. The highest BCUT2D eigenvalue weighted by Crippen LogP contribution is 2.35. The molecule has 2 aromatic heterocycles. The summed E-state index contributed by atoms with van der Waals surface area (Å²) in [6, 6.07) is 3.78. The Morgan fingerprint density at radius 2 is 2.11 bits per heavy atom. The van der Waals surface area contributed by atoms with Gasteiger partial charge in [-0.2, -0.15) is 5.26 Å². The SMILES string of the molecule is COC1(C)CCN(c2c(C#N)c(=O)[nH]c3cnc(C(=O)C4CC4)cc23)CC1. The number of fused-ring (bicyclic) bond motifs is 1. The molecule has 0 unspecified atom stereocenters. The first kappa shape index (κ1) is 17.7. The van der Waals surface area contributed by atoms with Crippen LogP contribution in [0.2, 0.25) is 0 Å².